The zero-order valence-electron chi connectivity index (χ0n) is 29.8. The van der Waals surface area contributed by atoms with Crippen LogP contribution in [0.1, 0.15) is 0 Å². The Labute approximate surface area is 320 Å². The van der Waals surface area contributed by atoms with Crippen molar-refractivity contribution >= 4 is 44.0 Å². The lowest BCUT2D eigenvalue weighted by molar-refractivity contribution is 0.652. The molecule has 0 N–H and O–H groups in total. The number of nitrogens with zero attached hydrogens (tertiary/aromatic N) is 7. The minimum atomic E-state index is 0.521. The first kappa shape index (κ1) is 31.7. The van der Waals surface area contributed by atoms with Gasteiger partial charge in [0.05, 0.1) is 16.4 Å². The SMILES string of the molecule is c1ccc(-c2cnc3oc4c(-c5ccc(-c6nc(-c7ccccc7)nc(-c7ccc(-n8c9ccccc9c9ccccc98)cc7)n6)cc5)ncnc4c3c2)cc1. The third-order valence-corrected chi connectivity index (χ3v) is 10.3. The average molecular weight is 720 g/mol. The molecule has 0 fully saturated rings. The van der Waals surface area contributed by atoms with Gasteiger partial charge in [0.15, 0.2) is 23.1 Å². The zero-order valence-corrected chi connectivity index (χ0v) is 29.8. The number of benzene rings is 6. The molecule has 0 spiro atoms. The van der Waals surface area contributed by atoms with Crippen molar-refractivity contribution in [2.75, 3.05) is 0 Å². The van der Waals surface area contributed by atoms with Crippen molar-refractivity contribution < 1.29 is 4.42 Å². The quantitative estimate of drug-likeness (QED) is 0.169. The molecule has 6 aromatic carbocycles. The number of pyridine rings is 1. The molecule has 262 valence electrons. The highest BCUT2D eigenvalue weighted by Gasteiger charge is 2.18. The molecule has 0 amide bonds. The second-order valence-electron chi connectivity index (χ2n) is 13.6. The second-order valence-corrected chi connectivity index (χ2v) is 13.6. The topological polar surface area (TPSA) is 95.4 Å². The largest absolute Gasteiger partial charge is 0.434 e. The molecule has 8 nitrogen and oxygen atoms in total. The van der Waals surface area contributed by atoms with Gasteiger partial charge in [0.25, 0.3) is 0 Å². The summed E-state index contributed by atoms with van der Waals surface area (Å²) in [5, 5.41) is 3.30. The van der Waals surface area contributed by atoms with E-state index in [1.807, 2.05) is 79.0 Å². The summed E-state index contributed by atoms with van der Waals surface area (Å²) in [4.78, 5) is 28.8. The van der Waals surface area contributed by atoms with Crippen LogP contribution in [0.5, 0.6) is 0 Å². The molecule has 5 heterocycles. The van der Waals surface area contributed by atoms with Crippen molar-refractivity contribution in [3.05, 3.63) is 176 Å². The van der Waals surface area contributed by atoms with Crippen LogP contribution in [0.25, 0.3) is 106 Å². The van der Waals surface area contributed by atoms with E-state index >= 15 is 0 Å². The number of furan rings is 1. The molecule has 0 aliphatic heterocycles. The summed E-state index contributed by atoms with van der Waals surface area (Å²) in [7, 11) is 0. The minimum Gasteiger partial charge on any atom is -0.434 e. The maximum atomic E-state index is 6.28. The van der Waals surface area contributed by atoms with Crippen LogP contribution < -0.4 is 0 Å². The fourth-order valence-electron chi connectivity index (χ4n) is 7.54. The van der Waals surface area contributed by atoms with Crippen molar-refractivity contribution in [3.8, 4) is 62.2 Å². The Bertz CT molecular complexity index is 3180. The third kappa shape index (κ3) is 5.31. The molecule has 8 heteroatoms. The monoisotopic (exact) mass is 719 g/mol. The number of para-hydroxylation sites is 2. The maximum absolute atomic E-state index is 6.28. The summed E-state index contributed by atoms with van der Waals surface area (Å²) in [5.41, 5.74) is 11.5. The van der Waals surface area contributed by atoms with Crippen LogP contribution in [0.15, 0.2) is 181 Å². The molecule has 0 saturated carbocycles. The van der Waals surface area contributed by atoms with Gasteiger partial charge < -0.3 is 8.98 Å². The Balaban J connectivity index is 0.972. The second kappa shape index (κ2) is 12.9. The highest BCUT2D eigenvalue weighted by atomic mass is 16.3. The Morgan fingerprint density at radius 1 is 0.411 bits per heavy atom. The minimum absolute atomic E-state index is 0.521. The highest BCUT2D eigenvalue weighted by Crippen LogP contribution is 2.36. The van der Waals surface area contributed by atoms with Gasteiger partial charge in [-0.05, 0) is 48.0 Å². The van der Waals surface area contributed by atoms with Gasteiger partial charge in [-0.15, -0.1) is 0 Å². The van der Waals surface area contributed by atoms with E-state index in [2.05, 4.69) is 111 Å². The van der Waals surface area contributed by atoms with Gasteiger partial charge in [-0.3, -0.25) is 0 Å². The summed E-state index contributed by atoms with van der Waals surface area (Å²) in [6, 6.07) is 55.8. The molecule has 5 aromatic heterocycles. The maximum Gasteiger partial charge on any atom is 0.229 e. The van der Waals surface area contributed by atoms with Crippen molar-refractivity contribution in [1.82, 2.24) is 34.5 Å². The van der Waals surface area contributed by atoms with Crippen molar-refractivity contribution in [3.63, 3.8) is 0 Å². The Kier molecular flexibility index (Phi) is 7.31. The predicted octanol–water partition coefficient (Wildman–Crippen LogP) is 11.4. The summed E-state index contributed by atoms with van der Waals surface area (Å²) >= 11 is 0. The number of hydrogen-bond acceptors (Lipinski definition) is 7. The smallest absolute Gasteiger partial charge is 0.229 e. The predicted molar refractivity (Wildman–Crippen MR) is 222 cm³/mol. The molecular formula is C48H29N7O. The average Bonchev–Trinajstić information content (AvgIpc) is 3.83. The summed E-state index contributed by atoms with van der Waals surface area (Å²) in [5.74, 6) is 1.76. The van der Waals surface area contributed by atoms with Crippen LogP contribution in [0, 0.1) is 0 Å². The normalized spacial score (nSPS) is 11.6. The molecule has 0 unspecified atom stereocenters. The molecule has 0 bridgehead atoms. The van der Waals surface area contributed by atoms with E-state index in [-0.39, 0.29) is 0 Å². The first-order valence-corrected chi connectivity index (χ1v) is 18.4. The molecule has 11 aromatic rings. The fourth-order valence-corrected chi connectivity index (χ4v) is 7.54. The highest BCUT2D eigenvalue weighted by molar-refractivity contribution is 6.09. The van der Waals surface area contributed by atoms with Crippen LogP contribution in [-0.2, 0) is 0 Å². The molecule has 0 radical (unpaired) electrons. The van der Waals surface area contributed by atoms with Crippen molar-refractivity contribution in [2.45, 2.75) is 0 Å². The summed E-state index contributed by atoms with van der Waals surface area (Å²) in [6.07, 6.45) is 3.40. The van der Waals surface area contributed by atoms with Gasteiger partial charge in [0.1, 0.15) is 17.5 Å². The van der Waals surface area contributed by atoms with Gasteiger partial charge in [-0.2, -0.15) is 0 Å². The van der Waals surface area contributed by atoms with Crippen molar-refractivity contribution in [2.24, 2.45) is 0 Å². The van der Waals surface area contributed by atoms with Crippen LogP contribution >= 0.6 is 0 Å². The first-order chi connectivity index (χ1) is 27.7. The Morgan fingerprint density at radius 2 is 0.929 bits per heavy atom. The van der Waals surface area contributed by atoms with E-state index in [4.69, 9.17) is 19.4 Å². The molecule has 11 rings (SSSR count). The van der Waals surface area contributed by atoms with Crippen LogP contribution in [-0.4, -0.2) is 34.5 Å². The molecule has 0 aliphatic carbocycles. The lowest BCUT2D eigenvalue weighted by atomic mass is 10.1. The summed E-state index contributed by atoms with van der Waals surface area (Å²) in [6.45, 7) is 0. The lowest BCUT2D eigenvalue weighted by Crippen LogP contribution is -2.00. The van der Waals surface area contributed by atoms with Crippen molar-refractivity contribution in [1.29, 1.82) is 0 Å². The summed E-state index contributed by atoms with van der Waals surface area (Å²) < 4.78 is 8.58. The van der Waals surface area contributed by atoms with E-state index < -0.39 is 0 Å². The molecular weight excluding hydrogens is 691 g/mol. The lowest BCUT2D eigenvalue weighted by Gasteiger charge is -2.11. The van der Waals surface area contributed by atoms with E-state index in [0.717, 1.165) is 61.0 Å². The van der Waals surface area contributed by atoms with Crippen LogP contribution in [0.4, 0.5) is 0 Å². The molecule has 0 aliphatic rings. The van der Waals surface area contributed by atoms with E-state index in [1.165, 1.54) is 10.8 Å². The van der Waals surface area contributed by atoms with Crippen LogP contribution in [0.3, 0.4) is 0 Å². The van der Waals surface area contributed by atoms with E-state index in [0.29, 0.717) is 34.5 Å². The first-order valence-electron chi connectivity index (χ1n) is 18.4. The van der Waals surface area contributed by atoms with Gasteiger partial charge in [0, 0.05) is 50.5 Å². The Hall–Kier alpha value is -7.84. The molecule has 56 heavy (non-hydrogen) atoms. The fraction of sp³-hybridized carbons (Fsp3) is 0. The van der Waals surface area contributed by atoms with E-state index in [1.54, 1.807) is 6.33 Å². The number of aromatic nitrogens is 7. The third-order valence-electron chi connectivity index (χ3n) is 10.3. The standard InChI is InChI=1S/C48H29N7O/c1-3-11-30(12-4-1)35-27-39-43-44(56-48(39)49-28-35)42(50-29-51-43)31-19-21-33(22-20-31)46-52-45(32-13-5-2-6-14-32)53-47(54-46)34-23-25-36(26-24-34)55-40-17-9-7-15-37(40)38-16-8-10-18-41(38)55/h1-29H. The Morgan fingerprint density at radius 3 is 1.55 bits per heavy atom. The van der Waals surface area contributed by atoms with Gasteiger partial charge in [0.2, 0.25) is 5.71 Å². The van der Waals surface area contributed by atoms with E-state index in [9.17, 15) is 0 Å². The van der Waals surface area contributed by atoms with Gasteiger partial charge in [-0.1, -0.05) is 121 Å². The van der Waals surface area contributed by atoms with Gasteiger partial charge in [-0.25, -0.2) is 29.9 Å². The van der Waals surface area contributed by atoms with Gasteiger partial charge >= 0.3 is 0 Å². The number of hydrogen-bond donors (Lipinski definition) is 0. The van der Waals surface area contributed by atoms with Crippen LogP contribution in [0.2, 0.25) is 0 Å². The number of rotatable bonds is 6. The number of fused-ring (bicyclic) bond motifs is 6. The molecule has 0 atom stereocenters. The molecule has 0 saturated heterocycles. The zero-order chi connectivity index (χ0) is 37.0.